The Labute approximate surface area is 121 Å². The van der Waals surface area contributed by atoms with Gasteiger partial charge in [-0.25, -0.2) is 0 Å². The van der Waals surface area contributed by atoms with Crippen LogP contribution in [0.5, 0.6) is 0 Å². The molecule has 5 nitrogen and oxygen atoms in total. The molecule has 3 rings (SSSR count). The van der Waals surface area contributed by atoms with Crippen molar-refractivity contribution in [1.29, 1.82) is 0 Å². The van der Waals surface area contributed by atoms with Gasteiger partial charge in [0.15, 0.2) is 0 Å². The summed E-state index contributed by atoms with van der Waals surface area (Å²) in [5.74, 6) is 0. The topological polar surface area (TPSA) is 42.3 Å². The molecule has 1 aliphatic carbocycles. The highest BCUT2D eigenvalue weighted by molar-refractivity contribution is 5.16. The average molecular weight is 278 g/mol. The second-order valence-corrected chi connectivity index (χ2v) is 6.23. The van der Waals surface area contributed by atoms with Crippen molar-refractivity contribution < 1.29 is 4.74 Å². The predicted octanol–water partition coefficient (Wildman–Crippen LogP) is 1.59. The zero-order valence-corrected chi connectivity index (χ0v) is 12.7. The summed E-state index contributed by atoms with van der Waals surface area (Å²) in [5, 5.41) is 7.78. The summed E-state index contributed by atoms with van der Waals surface area (Å²) in [6.45, 7) is 7.11. The van der Waals surface area contributed by atoms with Gasteiger partial charge in [-0.2, -0.15) is 5.10 Å². The van der Waals surface area contributed by atoms with Gasteiger partial charge in [0.1, 0.15) is 0 Å². The summed E-state index contributed by atoms with van der Waals surface area (Å²) >= 11 is 0. The van der Waals surface area contributed by atoms with Gasteiger partial charge in [-0.3, -0.25) is 9.58 Å². The second kappa shape index (κ2) is 5.84. The van der Waals surface area contributed by atoms with E-state index in [1.807, 2.05) is 17.9 Å². The molecule has 5 heteroatoms. The van der Waals surface area contributed by atoms with Crippen molar-refractivity contribution in [3.63, 3.8) is 0 Å². The highest BCUT2D eigenvalue weighted by atomic mass is 16.5. The Morgan fingerprint density at radius 2 is 2.25 bits per heavy atom. The van der Waals surface area contributed by atoms with Gasteiger partial charge < -0.3 is 10.1 Å². The van der Waals surface area contributed by atoms with E-state index in [0.29, 0.717) is 12.1 Å². The molecule has 2 aliphatic rings. The number of hydrogen-bond acceptors (Lipinski definition) is 4. The maximum Gasteiger partial charge on any atom is 0.0897 e. The third kappa shape index (κ3) is 2.75. The first-order valence-corrected chi connectivity index (χ1v) is 7.76. The number of likely N-dealkylation sites (N-methyl/N-ethyl adjacent to an activating group) is 1. The molecular weight excluding hydrogens is 252 g/mol. The standard InChI is InChI=1S/C15H26N4O/c1-11(2)19-10-12(8-17-19)15-14(9-16-3)20-7-6-18(15)13-4-5-13/h8,10-11,13-16H,4-7,9H2,1-3H3. The largest absolute Gasteiger partial charge is 0.374 e. The van der Waals surface area contributed by atoms with E-state index in [9.17, 15) is 0 Å². The highest BCUT2D eigenvalue weighted by Crippen LogP contribution is 2.38. The maximum absolute atomic E-state index is 6.02. The Bertz CT molecular complexity index is 439. The molecule has 2 heterocycles. The van der Waals surface area contributed by atoms with Crippen molar-refractivity contribution in [3.05, 3.63) is 18.0 Å². The van der Waals surface area contributed by atoms with E-state index in [1.54, 1.807) is 0 Å². The fourth-order valence-electron chi connectivity index (χ4n) is 3.13. The van der Waals surface area contributed by atoms with Crippen LogP contribution in [0.1, 0.15) is 44.3 Å². The van der Waals surface area contributed by atoms with E-state index >= 15 is 0 Å². The minimum Gasteiger partial charge on any atom is -0.374 e. The van der Waals surface area contributed by atoms with E-state index in [2.05, 4.69) is 35.4 Å². The summed E-state index contributed by atoms with van der Waals surface area (Å²) < 4.78 is 8.07. The van der Waals surface area contributed by atoms with Gasteiger partial charge in [0, 0.05) is 36.9 Å². The number of nitrogens with zero attached hydrogens (tertiary/aromatic N) is 3. The first-order chi connectivity index (χ1) is 9.70. The van der Waals surface area contributed by atoms with Crippen molar-refractivity contribution in [1.82, 2.24) is 20.0 Å². The van der Waals surface area contributed by atoms with Crippen LogP contribution >= 0.6 is 0 Å². The molecule has 1 aliphatic heterocycles. The molecule has 20 heavy (non-hydrogen) atoms. The Balaban J connectivity index is 1.85. The minimum atomic E-state index is 0.221. The zero-order valence-electron chi connectivity index (χ0n) is 12.7. The summed E-state index contributed by atoms with van der Waals surface area (Å²) in [6.07, 6.45) is 7.11. The summed E-state index contributed by atoms with van der Waals surface area (Å²) in [7, 11) is 1.99. The lowest BCUT2D eigenvalue weighted by atomic mass is 10.0. The lowest BCUT2D eigenvalue weighted by Crippen LogP contribution is -2.49. The molecule has 0 amide bonds. The van der Waals surface area contributed by atoms with Crippen LogP contribution in [0.2, 0.25) is 0 Å². The molecule has 2 atom stereocenters. The number of hydrogen-bond donors (Lipinski definition) is 1. The van der Waals surface area contributed by atoms with E-state index in [-0.39, 0.29) is 6.10 Å². The van der Waals surface area contributed by atoms with Crippen molar-refractivity contribution in [2.24, 2.45) is 0 Å². The number of morpholine rings is 1. The molecule has 1 saturated carbocycles. The molecule has 0 radical (unpaired) electrons. The van der Waals surface area contributed by atoms with Crippen LogP contribution in [-0.4, -0.2) is 53.6 Å². The third-order valence-electron chi connectivity index (χ3n) is 4.30. The fourth-order valence-corrected chi connectivity index (χ4v) is 3.13. The molecule has 1 saturated heterocycles. The molecular formula is C15H26N4O. The molecule has 2 fully saturated rings. The lowest BCUT2D eigenvalue weighted by Gasteiger charge is -2.41. The average Bonchev–Trinajstić information content (AvgIpc) is 3.16. The van der Waals surface area contributed by atoms with Gasteiger partial charge in [0.05, 0.1) is 24.9 Å². The molecule has 112 valence electrons. The molecule has 0 bridgehead atoms. The Kier molecular flexibility index (Phi) is 4.10. The number of ether oxygens (including phenoxy) is 1. The van der Waals surface area contributed by atoms with Crippen LogP contribution in [0.25, 0.3) is 0 Å². The summed E-state index contributed by atoms with van der Waals surface area (Å²) in [6, 6.07) is 1.51. The third-order valence-corrected chi connectivity index (χ3v) is 4.30. The monoisotopic (exact) mass is 278 g/mol. The van der Waals surface area contributed by atoms with Gasteiger partial charge in [-0.1, -0.05) is 0 Å². The Morgan fingerprint density at radius 1 is 1.45 bits per heavy atom. The van der Waals surface area contributed by atoms with Crippen LogP contribution < -0.4 is 5.32 Å². The fraction of sp³-hybridized carbons (Fsp3) is 0.800. The smallest absolute Gasteiger partial charge is 0.0897 e. The van der Waals surface area contributed by atoms with Gasteiger partial charge in [0.2, 0.25) is 0 Å². The normalized spacial score (nSPS) is 28.2. The van der Waals surface area contributed by atoms with Crippen LogP contribution in [-0.2, 0) is 4.74 Å². The molecule has 0 aromatic carbocycles. The van der Waals surface area contributed by atoms with Gasteiger partial charge in [-0.05, 0) is 33.7 Å². The zero-order chi connectivity index (χ0) is 14.1. The van der Waals surface area contributed by atoms with Crippen molar-refractivity contribution >= 4 is 0 Å². The highest BCUT2D eigenvalue weighted by Gasteiger charge is 2.41. The van der Waals surface area contributed by atoms with Crippen LogP contribution in [0, 0.1) is 0 Å². The SMILES string of the molecule is CNCC1OCCN(C2CC2)C1c1cnn(C(C)C)c1. The maximum atomic E-state index is 6.02. The van der Waals surface area contributed by atoms with E-state index < -0.39 is 0 Å². The van der Waals surface area contributed by atoms with Crippen LogP contribution in [0.4, 0.5) is 0 Å². The van der Waals surface area contributed by atoms with Crippen molar-refractivity contribution in [2.45, 2.75) is 50.9 Å². The van der Waals surface area contributed by atoms with Crippen LogP contribution in [0.3, 0.4) is 0 Å². The quantitative estimate of drug-likeness (QED) is 0.888. The van der Waals surface area contributed by atoms with Crippen molar-refractivity contribution in [2.75, 3.05) is 26.7 Å². The van der Waals surface area contributed by atoms with Crippen LogP contribution in [0.15, 0.2) is 12.4 Å². The number of nitrogens with one attached hydrogen (secondary N) is 1. The number of aromatic nitrogens is 2. The van der Waals surface area contributed by atoms with Gasteiger partial charge >= 0.3 is 0 Å². The molecule has 1 N–H and O–H groups in total. The Hall–Kier alpha value is -0.910. The van der Waals surface area contributed by atoms with Crippen molar-refractivity contribution in [3.8, 4) is 0 Å². The summed E-state index contributed by atoms with van der Waals surface area (Å²) in [4.78, 5) is 2.63. The van der Waals surface area contributed by atoms with E-state index in [1.165, 1.54) is 18.4 Å². The molecule has 2 unspecified atom stereocenters. The van der Waals surface area contributed by atoms with Gasteiger partial charge in [0.25, 0.3) is 0 Å². The molecule has 1 aromatic heterocycles. The molecule has 0 spiro atoms. The summed E-state index contributed by atoms with van der Waals surface area (Å²) in [5.41, 5.74) is 1.30. The first-order valence-electron chi connectivity index (χ1n) is 7.76. The van der Waals surface area contributed by atoms with E-state index in [4.69, 9.17) is 4.74 Å². The number of rotatable bonds is 5. The van der Waals surface area contributed by atoms with E-state index in [0.717, 1.165) is 25.7 Å². The predicted molar refractivity (Wildman–Crippen MR) is 78.7 cm³/mol. The Morgan fingerprint density at radius 3 is 2.85 bits per heavy atom. The first kappa shape index (κ1) is 14.0. The minimum absolute atomic E-state index is 0.221. The molecule has 1 aromatic rings. The lowest BCUT2D eigenvalue weighted by molar-refractivity contribution is -0.0740. The second-order valence-electron chi connectivity index (χ2n) is 6.23. The van der Waals surface area contributed by atoms with Gasteiger partial charge in [-0.15, -0.1) is 0 Å².